The Labute approximate surface area is 134 Å². The van der Waals surface area contributed by atoms with Gasteiger partial charge in [0, 0.05) is 23.9 Å². The molecule has 2 rings (SSSR count). The minimum absolute atomic E-state index is 0.0251. The second-order valence-corrected chi connectivity index (χ2v) is 5.45. The Bertz CT molecular complexity index is 734. The lowest BCUT2D eigenvalue weighted by molar-refractivity contribution is -0.384. The lowest BCUT2D eigenvalue weighted by Gasteiger charge is -2.08. The first-order chi connectivity index (χ1) is 11.0. The van der Waals surface area contributed by atoms with Crippen molar-refractivity contribution < 1.29 is 9.72 Å². The third kappa shape index (κ3) is 4.78. The molecular formula is C18H18N2O3. The fourth-order valence-corrected chi connectivity index (χ4v) is 2.04. The number of hydrogen-bond acceptors (Lipinski definition) is 3. The van der Waals surface area contributed by atoms with E-state index in [1.54, 1.807) is 18.2 Å². The first-order valence-corrected chi connectivity index (χ1v) is 7.29. The Balaban J connectivity index is 2.01. The van der Waals surface area contributed by atoms with E-state index in [0.29, 0.717) is 5.92 Å². The zero-order chi connectivity index (χ0) is 16.8. The first kappa shape index (κ1) is 16.4. The Kier molecular flexibility index (Phi) is 5.25. The van der Waals surface area contributed by atoms with Gasteiger partial charge in [0.2, 0.25) is 5.91 Å². The molecule has 23 heavy (non-hydrogen) atoms. The summed E-state index contributed by atoms with van der Waals surface area (Å²) < 4.78 is 0. The number of nitro benzene ring substituents is 1. The van der Waals surface area contributed by atoms with Gasteiger partial charge in [-0.05, 0) is 47.4 Å². The Morgan fingerprint density at radius 1 is 1.17 bits per heavy atom. The van der Waals surface area contributed by atoms with Gasteiger partial charge in [0.1, 0.15) is 0 Å². The monoisotopic (exact) mass is 310 g/mol. The molecular weight excluding hydrogens is 292 g/mol. The van der Waals surface area contributed by atoms with Crippen molar-refractivity contribution in [3.05, 3.63) is 75.8 Å². The van der Waals surface area contributed by atoms with Crippen molar-refractivity contribution in [3.63, 3.8) is 0 Å². The molecule has 0 bridgehead atoms. The molecule has 0 aliphatic rings. The number of carbonyl (C=O) groups excluding carboxylic acids is 1. The summed E-state index contributed by atoms with van der Waals surface area (Å²) in [5.74, 6) is 0.145. The smallest absolute Gasteiger partial charge is 0.269 e. The van der Waals surface area contributed by atoms with Crippen molar-refractivity contribution in [2.75, 3.05) is 5.32 Å². The molecule has 0 radical (unpaired) electrons. The molecule has 2 aromatic carbocycles. The van der Waals surface area contributed by atoms with Gasteiger partial charge in [-0.25, -0.2) is 0 Å². The van der Waals surface area contributed by atoms with E-state index in [0.717, 1.165) is 16.8 Å². The summed E-state index contributed by atoms with van der Waals surface area (Å²) in [6.07, 6.45) is 3.02. The summed E-state index contributed by atoms with van der Waals surface area (Å²) in [6.45, 7) is 4.19. The van der Waals surface area contributed by atoms with Gasteiger partial charge in [-0.15, -0.1) is 0 Å². The zero-order valence-electron chi connectivity index (χ0n) is 13.0. The number of rotatable bonds is 5. The number of anilines is 1. The summed E-state index contributed by atoms with van der Waals surface area (Å²) >= 11 is 0. The molecule has 0 unspecified atom stereocenters. The molecule has 0 heterocycles. The van der Waals surface area contributed by atoms with E-state index in [1.807, 2.05) is 24.3 Å². The maximum atomic E-state index is 11.9. The molecule has 1 amide bonds. The van der Waals surface area contributed by atoms with Crippen molar-refractivity contribution in [2.24, 2.45) is 0 Å². The van der Waals surface area contributed by atoms with Gasteiger partial charge in [0.15, 0.2) is 0 Å². The van der Waals surface area contributed by atoms with Gasteiger partial charge >= 0.3 is 0 Å². The van der Waals surface area contributed by atoms with E-state index < -0.39 is 4.92 Å². The van der Waals surface area contributed by atoms with Crippen LogP contribution >= 0.6 is 0 Å². The largest absolute Gasteiger partial charge is 0.323 e. The Morgan fingerprint density at radius 2 is 1.87 bits per heavy atom. The standard InChI is InChI=1S/C18H18N2O3/c1-13(2)15-4-3-5-16(12-15)19-18(21)11-8-14-6-9-17(10-7-14)20(22)23/h3-13H,1-2H3,(H,19,21)/b11-8+. The highest BCUT2D eigenvalue weighted by molar-refractivity contribution is 6.01. The summed E-state index contributed by atoms with van der Waals surface area (Å²) in [7, 11) is 0. The van der Waals surface area contributed by atoms with Crippen LogP contribution in [-0.4, -0.2) is 10.8 Å². The van der Waals surface area contributed by atoms with Crippen molar-refractivity contribution in [3.8, 4) is 0 Å². The number of benzene rings is 2. The quantitative estimate of drug-likeness (QED) is 0.506. The van der Waals surface area contributed by atoms with Crippen LogP contribution in [0.25, 0.3) is 6.08 Å². The molecule has 0 fully saturated rings. The SMILES string of the molecule is CC(C)c1cccc(NC(=O)/C=C/c2ccc([N+](=O)[O-])cc2)c1. The van der Waals surface area contributed by atoms with Crippen molar-refractivity contribution in [1.29, 1.82) is 0 Å². The maximum Gasteiger partial charge on any atom is 0.269 e. The third-order valence-electron chi connectivity index (χ3n) is 3.35. The number of nitro groups is 1. The average molecular weight is 310 g/mol. The van der Waals surface area contributed by atoms with Crippen molar-refractivity contribution >= 4 is 23.4 Å². The van der Waals surface area contributed by atoms with Gasteiger partial charge in [-0.1, -0.05) is 26.0 Å². The fourth-order valence-electron chi connectivity index (χ4n) is 2.04. The van der Waals surface area contributed by atoms with Crippen LogP contribution in [0.1, 0.15) is 30.9 Å². The van der Waals surface area contributed by atoms with Gasteiger partial charge in [-0.2, -0.15) is 0 Å². The maximum absolute atomic E-state index is 11.9. The van der Waals surface area contributed by atoms with Crippen molar-refractivity contribution in [2.45, 2.75) is 19.8 Å². The third-order valence-corrected chi connectivity index (χ3v) is 3.35. The average Bonchev–Trinajstić information content (AvgIpc) is 2.53. The number of carbonyl (C=O) groups is 1. The number of nitrogens with zero attached hydrogens (tertiary/aromatic N) is 1. The highest BCUT2D eigenvalue weighted by atomic mass is 16.6. The van der Waals surface area contributed by atoms with Crippen LogP contribution < -0.4 is 5.32 Å². The molecule has 118 valence electrons. The molecule has 0 atom stereocenters. The highest BCUT2D eigenvalue weighted by Crippen LogP contribution is 2.18. The summed E-state index contributed by atoms with van der Waals surface area (Å²) in [5, 5.41) is 13.4. The fraction of sp³-hybridized carbons (Fsp3) is 0.167. The molecule has 2 aromatic rings. The summed E-state index contributed by atoms with van der Waals surface area (Å²) in [4.78, 5) is 22.1. The van der Waals surface area contributed by atoms with E-state index in [-0.39, 0.29) is 11.6 Å². The van der Waals surface area contributed by atoms with Crippen LogP contribution in [0, 0.1) is 10.1 Å². The minimum atomic E-state index is -0.456. The number of hydrogen-bond donors (Lipinski definition) is 1. The van der Waals surface area contributed by atoms with E-state index in [1.165, 1.54) is 18.2 Å². The molecule has 0 aliphatic heterocycles. The summed E-state index contributed by atoms with van der Waals surface area (Å²) in [6, 6.07) is 13.7. The number of non-ortho nitro benzene ring substituents is 1. The van der Waals surface area contributed by atoms with Crippen LogP contribution in [-0.2, 0) is 4.79 Å². The van der Waals surface area contributed by atoms with E-state index in [9.17, 15) is 14.9 Å². The molecule has 0 aromatic heterocycles. The summed E-state index contributed by atoms with van der Waals surface area (Å²) in [5.41, 5.74) is 2.65. The predicted octanol–water partition coefficient (Wildman–Crippen LogP) is 4.37. The van der Waals surface area contributed by atoms with Gasteiger partial charge in [0.25, 0.3) is 5.69 Å². The van der Waals surface area contributed by atoms with Crippen LogP contribution in [0.2, 0.25) is 0 Å². The first-order valence-electron chi connectivity index (χ1n) is 7.29. The van der Waals surface area contributed by atoms with Crippen LogP contribution in [0.15, 0.2) is 54.6 Å². The topological polar surface area (TPSA) is 72.2 Å². The van der Waals surface area contributed by atoms with Crippen molar-refractivity contribution in [1.82, 2.24) is 0 Å². The second-order valence-electron chi connectivity index (χ2n) is 5.45. The molecule has 0 spiro atoms. The normalized spacial score (nSPS) is 10.9. The van der Waals surface area contributed by atoms with Gasteiger partial charge < -0.3 is 5.32 Å². The van der Waals surface area contributed by atoms with Crippen LogP contribution in [0.3, 0.4) is 0 Å². The number of nitrogens with one attached hydrogen (secondary N) is 1. The molecule has 0 aliphatic carbocycles. The highest BCUT2D eigenvalue weighted by Gasteiger charge is 2.04. The van der Waals surface area contributed by atoms with Gasteiger partial charge in [0.05, 0.1) is 4.92 Å². The second kappa shape index (κ2) is 7.35. The molecule has 5 nitrogen and oxygen atoms in total. The van der Waals surface area contributed by atoms with Crippen LogP contribution in [0.4, 0.5) is 11.4 Å². The Hall–Kier alpha value is -2.95. The van der Waals surface area contributed by atoms with Crippen LogP contribution in [0.5, 0.6) is 0 Å². The lowest BCUT2D eigenvalue weighted by atomic mass is 10.0. The molecule has 0 saturated heterocycles. The van der Waals surface area contributed by atoms with E-state index in [4.69, 9.17) is 0 Å². The minimum Gasteiger partial charge on any atom is -0.323 e. The van der Waals surface area contributed by atoms with E-state index >= 15 is 0 Å². The Morgan fingerprint density at radius 3 is 2.48 bits per heavy atom. The lowest BCUT2D eigenvalue weighted by Crippen LogP contribution is -2.08. The number of amides is 1. The predicted molar refractivity (Wildman–Crippen MR) is 91.3 cm³/mol. The zero-order valence-corrected chi connectivity index (χ0v) is 13.0. The molecule has 5 heteroatoms. The molecule has 0 saturated carbocycles. The van der Waals surface area contributed by atoms with Gasteiger partial charge in [-0.3, -0.25) is 14.9 Å². The molecule has 1 N–H and O–H groups in total. The van der Waals surface area contributed by atoms with E-state index in [2.05, 4.69) is 19.2 Å².